The van der Waals surface area contributed by atoms with E-state index in [4.69, 9.17) is 10.5 Å². The quantitative estimate of drug-likeness (QED) is 0.890. The summed E-state index contributed by atoms with van der Waals surface area (Å²) in [6.07, 6.45) is 1.35. The highest BCUT2D eigenvalue weighted by Gasteiger charge is 2.20. The Balaban J connectivity index is 1.90. The number of hydrogen-bond donors (Lipinski definition) is 1. The van der Waals surface area contributed by atoms with Crippen molar-refractivity contribution in [2.45, 2.75) is 25.5 Å². The maximum atomic E-state index is 12.8. The van der Waals surface area contributed by atoms with Gasteiger partial charge in [-0.25, -0.2) is 4.39 Å². The third-order valence-corrected chi connectivity index (χ3v) is 3.43. The molecule has 100 valence electrons. The summed E-state index contributed by atoms with van der Waals surface area (Å²) in [4.78, 5) is 2.33. The molecule has 0 aliphatic carbocycles. The Hall–Kier alpha value is -0.970. The molecule has 1 aliphatic rings. The van der Waals surface area contributed by atoms with Crippen molar-refractivity contribution in [3.8, 4) is 0 Å². The lowest BCUT2D eigenvalue weighted by Gasteiger charge is -2.34. The van der Waals surface area contributed by atoms with Gasteiger partial charge in [-0.1, -0.05) is 19.1 Å². The molecule has 1 fully saturated rings. The Kier molecular flexibility index (Phi) is 4.69. The van der Waals surface area contributed by atoms with Gasteiger partial charge in [-0.05, 0) is 24.1 Å². The molecule has 0 aromatic heterocycles. The van der Waals surface area contributed by atoms with E-state index < -0.39 is 0 Å². The average Bonchev–Trinajstić information content (AvgIpc) is 2.39. The number of nitrogens with two attached hydrogens (primary N) is 1. The van der Waals surface area contributed by atoms with Gasteiger partial charge in [0.25, 0.3) is 0 Å². The molecule has 0 saturated carbocycles. The van der Waals surface area contributed by atoms with E-state index in [1.54, 1.807) is 12.1 Å². The molecule has 0 bridgehead atoms. The van der Waals surface area contributed by atoms with Gasteiger partial charge in [0, 0.05) is 25.7 Å². The van der Waals surface area contributed by atoms with Gasteiger partial charge < -0.3 is 10.5 Å². The van der Waals surface area contributed by atoms with Crippen LogP contribution in [0.2, 0.25) is 0 Å². The van der Waals surface area contributed by atoms with Crippen molar-refractivity contribution in [2.75, 3.05) is 26.2 Å². The first-order valence-electron chi connectivity index (χ1n) is 6.54. The van der Waals surface area contributed by atoms with Crippen LogP contribution in [0.3, 0.4) is 0 Å². The molecular formula is C14H21FN2O. The van der Waals surface area contributed by atoms with E-state index in [1.807, 2.05) is 0 Å². The fourth-order valence-electron chi connectivity index (χ4n) is 2.29. The molecule has 18 heavy (non-hydrogen) atoms. The minimum atomic E-state index is -0.219. The van der Waals surface area contributed by atoms with Crippen molar-refractivity contribution in [1.29, 1.82) is 0 Å². The maximum Gasteiger partial charge on any atom is 0.123 e. The van der Waals surface area contributed by atoms with Gasteiger partial charge in [0.1, 0.15) is 5.82 Å². The molecule has 1 aromatic rings. The second-order valence-corrected chi connectivity index (χ2v) is 4.82. The van der Waals surface area contributed by atoms with Gasteiger partial charge in [0.15, 0.2) is 0 Å². The Labute approximate surface area is 108 Å². The third kappa shape index (κ3) is 3.51. The zero-order valence-electron chi connectivity index (χ0n) is 10.8. The van der Waals surface area contributed by atoms with Gasteiger partial charge >= 0.3 is 0 Å². The topological polar surface area (TPSA) is 38.5 Å². The lowest BCUT2D eigenvalue weighted by atomic mass is 10.1. The molecule has 1 saturated heterocycles. The summed E-state index contributed by atoms with van der Waals surface area (Å²) in [5.74, 6) is -0.219. The molecule has 2 atom stereocenters. The Morgan fingerprint density at radius 3 is 2.83 bits per heavy atom. The highest BCUT2D eigenvalue weighted by Crippen LogP contribution is 2.15. The van der Waals surface area contributed by atoms with Crippen molar-refractivity contribution in [1.82, 2.24) is 4.90 Å². The van der Waals surface area contributed by atoms with Gasteiger partial charge in [0.2, 0.25) is 0 Å². The van der Waals surface area contributed by atoms with Gasteiger partial charge in [-0.3, -0.25) is 4.90 Å². The molecule has 0 amide bonds. The Bertz CT molecular complexity index is 369. The van der Waals surface area contributed by atoms with Crippen LogP contribution in [0.1, 0.15) is 24.9 Å². The summed E-state index contributed by atoms with van der Waals surface area (Å²) in [5, 5.41) is 0. The molecular weight excluding hydrogens is 231 g/mol. The van der Waals surface area contributed by atoms with E-state index in [2.05, 4.69) is 11.8 Å². The van der Waals surface area contributed by atoms with E-state index in [0.717, 1.165) is 38.2 Å². The molecule has 2 rings (SSSR count). The average molecular weight is 252 g/mol. The second kappa shape index (κ2) is 6.27. The summed E-state index contributed by atoms with van der Waals surface area (Å²) >= 11 is 0. The van der Waals surface area contributed by atoms with Crippen molar-refractivity contribution < 1.29 is 9.13 Å². The number of benzene rings is 1. The first kappa shape index (κ1) is 13.5. The van der Waals surface area contributed by atoms with Crippen molar-refractivity contribution in [3.05, 3.63) is 35.6 Å². The van der Waals surface area contributed by atoms with Crippen LogP contribution in [0.4, 0.5) is 4.39 Å². The number of ether oxygens (including phenoxy) is 1. The normalized spacial score (nSPS) is 22.9. The molecule has 2 N–H and O–H groups in total. The highest BCUT2D eigenvalue weighted by molar-refractivity contribution is 5.19. The Morgan fingerprint density at radius 2 is 2.17 bits per heavy atom. The fraction of sp³-hybridized carbons (Fsp3) is 0.571. The van der Waals surface area contributed by atoms with Crippen LogP contribution in [0.5, 0.6) is 0 Å². The molecule has 2 unspecified atom stereocenters. The first-order chi connectivity index (χ1) is 8.69. The molecule has 0 spiro atoms. The van der Waals surface area contributed by atoms with Crippen LogP contribution in [0.25, 0.3) is 0 Å². The SMILES string of the molecule is CCC1CN(CC(N)c2ccc(F)cc2)CCO1. The third-order valence-electron chi connectivity index (χ3n) is 3.43. The van der Waals surface area contributed by atoms with Crippen LogP contribution >= 0.6 is 0 Å². The molecule has 3 nitrogen and oxygen atoms in total. The predicted molar refractivity (Wildman–Crippen MR) is 69.8 cm³/mol. The van der Waals surface area contributed by atoms with Crippen LogP contribution in [0.15, 0.2) is 24.3 Å². The van der Waals surface area contributed by atoms with E-state index in [0.29, 0.717) is 6.10 Å². The number of morpholine rings is 1. The van der Waals surface area contributed by atoms with E-state index in [1.165, 1.54) is 12.1 Å². The predicted octanol–water partition coefficient (Wildman–Crippen LogP) is 1.94. The Morgan fingerprint density at radius 1 is 1.44 bits per heavy atom. The van der Waals surface area contributed by atoms with E-state index >= 15 is 0 Å². The molecule has 1 aliphatic heterocycles. The largest absolute Gasteiger partial charge is 0.376 e. The summed E-state index contributed by atoms with van der Waals surface area (Å²) in [6.45, 7) is 5.56. The highest BCUT2D eigenvalue weighted by atomic mass is 19.1. The number of rotatable bonds is 4. The van der Waals surface area contributed by atoms with Crippen LogP contribution < -0.4 is 5.73 Å². The van der Waals surface area contributed by atoms with E-state index in [9.17, 15) is 4.39 Å². The summed E-state index contributed by atoms with van der Waals surface area (Å²) in [6, 6.07) is 6.38. The van der Waals surface area contributed by atoms with E-state index in [-0.39, 0.29) is 11.9 Å². The second-order valence-electron chi connectivity index (χ2n) is 4.82. The number of halogens is 1. The lowest BCUT2D eigenvalue weighted by molar-refractivity contribution is -0.0312. The van der Waals surface area contributed by atoms with Crippen LogP contribution in [0, 0.1) is 5.82 Å². The summed E-state index contributed by atoms with van der Waals surface area (Å²) in [5.41, 5.74) is 7.14. The zero-order valence-corrected chi connectivity index (χ0v) is 10.8. The zero-order chi connectivity index (χ0) is 13.0. The minimum Gasteiger partial charge on any atom is -0.376 e. The molecule has 1 heterocycles. The minimum absolute atomic E-state index is 0.0683. The van der Waals surface area contributed by atoms with Gasteiger partial charge in [-0.2, -0.15) is 0 Å². The molecule has 1 aromatic carbocycles. The lowest BCUT2D eigenvalue weighted by Crippen LogP contribution is -2.44. The van der Waals surface area contributed by atoms with Gasteiger partial charge in [0.05, 0.1) is 12.7 Å². The van der Waals surface area contributed by atoms with Gasteiger partial charge in [-0.15, -0.1) is 0 Å². The maximum absolute atomic E-state index is 12.8. The van der Waals surface area contributed by atoms with Crippen LogP contribution in [-0.4, -0.2) is 37.2 Å². The first-order valence-corrected chi connectivity index (χ1v) is 6.54. The molecule has 4 heteroatoms. The standard InChI is InChI=1S/C14H21FN2O/c1-2-13-9-17(7-8-18-13)10-14(16)11-3-5-12(15)6-4-11/h3-6,13-14H,2,7-10,16H2,1H3. The number of hydrogen-bond acceptors (Lipinski definition) is 3. The van der Waals surface area contributed by atoms with Crippen molar-refractivity contribution in [3.63, 3.8) is 0 Å². The van der Waals surface area contributed by atoms with Crippen molar-refractivity contribution in [2.24, 2.45) is 5.73 Å². The summed E-state index contributed by atoms with van der Waals surface area (Å²) < 4.78 is 18.5. The summed E-state index contributed by atoms with van der Waals surface area (Å²) in [7, 11) is 0. The smallest absolute Gasteiger partial charge is 0.123 e. The molecule has 0 radical (unpaired) electrons. The fourth-order valence-corrected chi connectivity index (χ4v) is 2.29. The van der Waals surface area contributed by atoms with Crippen molar-refractivity contribution >= 4 is 0 Å². The monoisotopic (exact) mass is 252 g/mol. The van der Waals surface area contributed by atoms with Crippen LogP contribution in [-0.2, 0) is 4.74 Å². The number of nitrogens with zero attached hydrogens (tertiary/aromatic N) is 1.